The van der Waals surface area contributed by atoms with E-state index in [2.05, 4.69) is 10.4 Å². The number of carbonyl (C=O) groups is 1. The third-order valence-corrected chi connectivity index (χ3v) is 2.31. The zero-order valence-corrected chi connectivity index (χ0v) is 9.23. The van der Waals surface area contributed by atoms with E-state index in [1.165, 1.54) is 0 Å². The molecule has 0 saturated heterocycles. The highest BCUT2D eigenvalue weighted by Gasteiger charge is 2.10. The lowest BCUT2D eigenvalue weighted by atomic mass is 10.2. The molecule has 1 amide bonds. The van der Waals surface area contributed by atoms with Gasteiger partial charge in [-0.05, 0) is 18.4 Å². The number of aromatic nitrogens is 2. The maximum absolute atomic E-state index is 10.9. The van der Waals surface area contributed by atoms with Gasteiger partial charge in [0.25, 0.3) is 0 Å². The van der Waals surface area contributed by atoms with Crippen LogP contribution in [0.1, 0.15) is 18.9 Å². The van der Waals surface area contributed by atoms with Crippen molar-refractivity contribution in [2.24, 2.45) is 12.8 Å². The molecule has 5 heteroatoms. The van der Waals surface area contributed by atoms with Crippen LogP contribution in [0.15, 0.2) is 12.4 Å². The van der Waals surface area contributed by atoms with Crippen LogP contribution in [0, 0.1) is 0 Å². The van der Waals surface area contributed by atoms with Crippen LogP contribution in [0.4, 0.5) is 0 Å². The van der Waals surface area contributed by atoms with Gasteiger partial charge in [0.2, 0.25) is 5.91 Å². The van der Waals surface area contributed by atoms with Crippen molar-refractivity contribution in [3.05, 3.63) is 18.0 Å². The van der Waals surface area contributed by atoms with Crippen LogP contribution in [-0.2, 0) is 18.3 Å². The largest absolute Gasteiger partial charge is 0.368 e. The number of amides is 1. The van der Waals surface area contributed by atoms with Crippen LogP contribution in [0.5, 0.6) is 0 Å². The summed E-state index contributed by atoms with van der Waals surface area (Å²) < 4.78 is 1.76. The molecule has 1 aromatic rings. The van der Waals surface area contributed by atoms with Crippen LogP contribution in [-0.4, -0.2) is 28.3 Å². The molecule has 3 N–H and O–H groups in total. The average Bonchev–Trinajstić information content (AvgIpc) is 2.58. The topological polar surface area (TPSA) is 72.9 Å². The Kier molecular flexibility index (Phi) is 4.30. The predicted molar refractivity (Wildman–Crippen MR) is 58.2 cm³/mol. The van der Waals surface area contributed by atoms with E-state index in [-0.39, 0.29) is 11.9 Å². The third kappa shape index (κ3) is 3.71. The minimum atomic E-state index is -0.288. The van der Waals surface area contributed by atoms with Crippen LogP contribution >= 0.6 is 0 Å². The van der Waals surface area contributed by atoms with Crippen molar-refractivity contribution in [2.45, 2.75) is 25.8 Å². The van der Waals surface area contributed by atoms with Crippen molar-refractivity contribution in [3.63, 3.8) is 0 Å². The summed E-state index contributed by atoms with van der Waals surface area (Å²) in [6.45, 7) is 2.68. The first-order valence-corrected chi connectivity index (χ1v) is 5.13. The summed E-state index contributed by atoms with van der Waals surface area (Å²) in [6.07, 6.45) is 5.37. The molecule has 1 unspecified atom stereocenters. The molecule has 1 heterocycles. The van der Waals surface area contributed by atoms with E-state index in [4.69, 9.17) is 5.73 Å². The number of nitrogens with zero attached hydrogens (tertiary/aromatic N) is 2. The lowest BCUT2D eigenvalue weighted by Gasteiger charge is -2.12. The Bertz CT molecular complexity index is 321. The molecule has 84 valence electrons. The van der Waals surface area contributed by atoms with Crippen molar-refractivity contribution >= 4 is 5.91 Å². The number of carbonyl (C=O) groups excluding carboxylic acids is 1. The summed E-state index contributed by atoms with van der Waals surface area (Å²) in [6, 6.07) is -0.221. The Balaban J connectivity index is 2.29. The summed E-state index contributed by atoms with van der Waals surface area (Å²) in [5.41, 5.74) is 6.37. The SMILES string of the molecule is CCC(NCCc1cnn(C)c1)C(N)=O. The van der Waals surface area contributed by atoms with Crippen molar-refractivity contribution in [1.29, 1.82) is 0 Å². The van der Waals surface area contributed by atoms with Crippen molar-refractivity contribution in [2.75, 3.05) is 6.54 Å². The number of rotatable bonds is 6. The molecule has 5 nitrogen and oxygen atoms in total. The standard InChI is InChI=1S/C10H18N4O/c1-3-9(10(11)15)12-5-4-8-6-13-14(2)7-8/h6-7,9,12H,3-5H2,1-2H3,(H2,11,15). The molecule has 0 saturated carbocycles. The minimum Gasteiger partial charge on any atom is -0.368 e. The van der Waals surface area contributed by atoms with E-state index in [1.54, 1.807) is 4.68 Å². The average molecular weight is 210 g/mol. The fourth-order valence-electron chi connectivity index (χ4n) is 1.44. The highest BCUT2D eigenvalue weighted by atomic mass is 16.1. The zero-order chi connectivity index (χ0) is 11.3. The second-order valence-electron chi connectivity index (χ2n) is 3.59. The fraction of sp³-hybridized carbons (Fsp3) is 0.600. The van der Waals surface area contributed by atoms with Crippen LogP contribution in [0.2, 0.25) is 0 Å². The summed E-state index contributed by atoms with van der Waals surface area (Å²) in [5.74, 6) is -0.288. The maximum atomic E-state index is 10.9. The molecule has 0 aromatic carbocycles. The van der Waals surface area contributed by atoms with Gasteiger partial charge in [-0.1, -0.05) is 6.92 Å². The van der Waals surface area contributed by atoms with Gasteiger partial charge in [0.05, 0.1) is 12.2 Å². The molecule has 1 rings (SSSR count). The van der Waals surface area contributed by atoms with Crippen LogP contribution in [0.3, 0.4) is 0 Å². The van der Waals surface area contributed by atoms with Gasteiger partial charge in [-0.25, -0.2) is 0 Å². The van der Waals surface area contributed by atoms with Gasteiger partial charge >= 0.3 is 0 Å². The van der Waals surface area contributed by atoms with E-state index in [0.29, 0.717) is 0 Å². The Morgan fingerprint density at radius 1 is 1.73 bits per heavy atom. The molecule has 1 aromatic heterocycles. The minimum absolute atomic E-state index is 0.221. The molecule has 1 atom stereocenters. The van der Waals surface area contributed by atoms with Gasteiger partial charge in [0.1, 0.15) is 0 Å². The Labute approximate surface area is 89.6 Å². The van der Waals surface area contributed by atoms with Crippen molar-refractivity contribution < 1.29 is 4.79 Å². The number of hydrogen-bond donors (Lipinski definition) is 2. The summed E-state index contributed by atoms with van der Waals surface area (Å²) in [7, 11) is 1.88. The number of primary amides is 1. The monoisotopic (exact) mass is 210 g/mol. The number of hydrogen-bond acceptors (Lipinski definition) is 3. The third-order valence-electron chi connectivity index (χ3n) is 2.31. The molecule has 15 heavy (non-hydrogen) atoms. The Hall–Kier alpha value is -1.36. The molecule has 0 spiro atoms. The number of aryl methyl sites for hydroxylation is 1. The maximum Gasteiger partial charge on any atom is 0.234 e. The van der Waals surface area contributed by atoms with E-state index in [0.717, 1.165) is 24.9 Å². The van der Waals surface area contributed by atoms with Gasteiger partial charge < -0.3 is 11.1 Å². The lowest BCUT2D eigenvalue weighted by Crippen LogP contribution is -2.41. The second kappa shape index (κ2) is 5.50. The van der Waals surface area contributed by atoms with Gasteiger partial charge in [0.15, 0.2) is 0 Å². The van der Waals surface area contributed by atoms with Crippen LogP contribution in [0.25, 0.3) is 0 Å². The first-order chi connectivity index (χ1) is 7.13. The molecule has 0 radical (unpaired) electrons. The van der Waals surface area contributed by atoms with Crippen molar-refractivity contribution in [1.82, 2.24) is 15.1 Å². The first-order valence-electron chi connectivity index (χ1n) is 5.13. The molecule has 0 bridgehead atoms. The Morgan fingerprint density at radius 3 is 2.93 bits per heavy atom. The number of nitrogens with two attached hydrogens (primary N) is 1. The van der Waals surface area contributed by atoms with Crippen LogP contribution < -0.4 is 11.1 Å². The van der Waals surface area contributed by atoms with Gasteiger partial charge in [-0.15, -0.1) is 0 Å². The molecule has 0 fully saturated rings. The van der Waals surface area contributed by atoms with Gasteiger partial charge in [0, 0.05) is 19.8 Å². The predicted octanol–water partition coefficient (Wildman–Crippen LogP) is -0.184. The fourth-order valence-corrected chi connectivity index (χ4v) is 1.44. The molecule has 0 aliphatic heterocycles. The lowest BCUT2D eigenvalue weighted by molar-refractivity contribution is -0.120. The summed E-state index contributed by atoms with van der Waals surface area (Å²) in [4.78, 5) is 10.9. The molecular formula is C10H18N4O. The van der Waals surface area contributed by atoms with E-state index in [1.807, 2.05) is 26.4 Å². The smallest absolute Gasteiger partial charge is 0.234 e. The van der Waals surface area contributed by atoms with E-state index >= 15 is 0 Å². The quantitative estimate of drug-likeness (QED) is 0.684. The second-order valence-corrected chi connectivity index (χ2v) is 3.59. The summed E-state index contributed by atoms with van der Waals surface area (Å²) >= 11 is 0. The summed E-state index contributed by atoms with van der Waals surface area (Å²) in [5, 5.41) is 7.18. The zero-order valence-electron chi connectivity index (χ0n) is 9.23. The Morgan fingerprint density at radius 2 is 2.47 bits per heavy atom. The normalized spacial score (nSPS) is 12.7. The molecule has 0 aliphatic carbocycles. The highest BCUT2D eigenvalue weighted by molar-refractivity contribution is 5.79. The van der Waals surface area contributed by atoms with E-state index in [9.17, 15) is 4.79 Å². The molecular weight excluding hydrogens is 192 g/mol. The molecule has 0 aliphatic rings. The van der Waals surface area contributed by atoms with Gasteiger partial charge in [-0.2, -0.15) is 5.10 Å². The highest BCUT2D eigenvalue weighted by Crippen LogP contribution is 1.97. The first kappa shape index (κ1) is 11.7. The van der Waals surface area contributed by atoms with E-state index < -0.39 is 0 Å². The number of nitrogens with one attached hydrogen (secondary N) is 1. The van der Waals surface area contributed by atoms with Gasteiger partial charge in [-0.3, -0.25) is 9.48 Å². The van der Waals surface area contributed by atoms with Crippen molar-refractivity contribution in [3.8, 4) is 0 Å².